The Morgan fingerprint density at radius 2 is 2.00 bits per heavy atom. The molecule has 26 heavy (non-hydrogen) atoms. The zero-order chi connectivity index (χ0) is 18.1. The summed E-state index contributed by atoms with van der Waals surface area (Å²) >= 11 is 0. The van der Waals surface area contributed by atoms with Crippen LogP contribution in [-0.2, 0) is 9.53 Å². The standard InChI is InChI=1S/C19H14N4O3/c20-11-12-5-7-13(8-6-12)23-10-9-16(18(23)24)26-19(25)17-14-3-1-2-4-15(14)21-22-17/h1-8,16H,9-10H2,(H,21,22). The molecule has 1 aliphatic rings. The van der Waals surface area contributed by atoms with E-state index in [0.717, 1.165) is 5.52 Å². The van der Waals surface area contributed by atoms with E-state index in [1.54, 1.807) is 35.2 Å². The second-order valence-corrected chi connectivity index (χ2v) is 5.95. The molecule has 1 aliphatic heterocycles. The third-order valence-electron chi connectivity index (χ3n) is 4.38. The number of benzene rings is 2. The lowest BCUT2D eigenvalue weighted by molar-refractivity contribution is -0.124. The van der Waals surface area contributed by atoms with Crippen LogP contribution in [0.25, 0.3) is 10.9 Å². The second-order valence-electron chi connectivity index (χ2n) is 5.95. The largest absolute Gasteiger partial charge is 0.447 e. The fourth-order valence-electron chi connectivity index (χ4n) is 3.04. The molecule has 128 valence electrons. The summed E-state index contributed by atoms with van der Waals surface area (Å²) in [4.78, 5) is 26.6. The molecule has 0 radical (unpaired) electrons. The monoisotopic (exact) mass is 346 g/mol. The van der Waals surface area contributed by atoms with Gasteiger partial charge in [0.1, 0.15) is 0 Å². The maximum absolute atomic E-state index is 12.6. The van der Waals surface area contributed by atoms with Crippen molar-refractivity contribution < 1.29 is 14.3 Å². The van der Waals surface area contributed by atoms with Gasteiger partial charge in [0.2, 0.25) is 0 Å². The maximum atomic E-state index is 12.6. The van der Waals surface area contributed by atoms with Crippen molar-refractivity contribution in [3.05, 3.63) is 59.8 Å². The molecular weight excluding hydrogens is 332 g/mol. The van der Waals surface area contributed by atoms with Crippen molar-refractivity contribution in [2.24, 2.45) is 0 Å². The average molecular weight is 346 g/mol. The van der Waals surface area contributed by atoms with Gasteiger partial charge >= 0.3 is 5.97 Å². The molecule has 1 saturated heterocycles. The van der Waals surface area contributed by atoms with Crippen molar-refractivity contribution in [3.8, 4) is 6.07 Å². The molecule has 0 bridgehead atoms. The van der Waals surface area contributed by atoms with Gasteiger partial charge in [0, 0.05) is 24.0 Å². The van der Waals surface area contributed by atoms with Crippen LogP contribution in [0.2, 0.25) is 0 Å². The molecule has 1 unspecified atom stereocenters. The van der Waals surface area contributed by atoms with Crippen molar-refractivity contribution in [1.82, 2.24) is 10.2 Å². The van der Waals surface area contributed by atoms with Crippen molar-refractivity contribution in [2.75, 3.05) is 11.4 Å². The van der Waals surface area contributed by atoms with Crippen molar-refractivity contribution in [2.45, 2.75) is 12.5 Å². The third-order valence-corrected chi connectivity index (χ3v) is 4.38. The molecule has 0 aliphatic carbocycles. The Morgan fingerprint density at radius 1 is 1.23 bits per heavy atom. The average Bonchev–Trinajstić information content (AvgIpc) is 3.26. The van der Waals surface area contributed by atoms with Crippen LogP contribution in [0, 0.1) is 11.3 Å². The van der Waals surface area contributed by atoms with E-state index in [2.05, 4.69) is 10.2 Å². The summed E-state index contributed by atoms with van der Waals surface area (Å²) in [6.45, 7) is 0.448. The molecule has 1 atom stereocenters. The van der Waals surface area contributed by atoms with Crippen LogP contribution in [0.5, 0.6) is 0 Å². The molecular formula is C19H14N4O3. The Labute approximate surface area is 148 Å². The van der Waals surface area contributed by atoms with E-state index in [0.29, 0.717) is 29.6 Å². The predicted molar refractivity (Wildman–Crippen MR) is 93.4 cm³/mol. The zero-order valence-corrected chi connectivity index (χ0v) is 13.7. The topological polar surface area (TPSA) is 99.1 Å². The Balaban J connectivity index is 1.50. The van der Waals surface area contributed by atoms with Crippen LogP contribution in [0.15, 0.2) is 48.5 Å². The molecule has 0 spiro atoms. The lowest BCUT2D eigenvalue weighted by Crippen LogP contribution is -2.32. The highest BCUT2D eigenvalue weighted by Crippen LogP contribution is 2.25. The van der Waals surface area contributed by atoms with Gasteiger partial charge in [-0.05, 0) is 30.3 Å². The minimum Gasteiger partial charge on any atom is -0.447 e. The summed E-state index contributed by atoms with van der Waals surface area (Å²) in [5.41, 5.74) is 2.10. The van der Waals surface area contributed by atoms with E-state index < -0.39 is 12.1 Å². The summed E-state index contributed by atoms with van der Waals surface area (Å²) < 4.78 is 5.41. The number of amides is 1. The van der Waals surface area contributed by atoms with Gasteiger partial charge in [-0.25, -0.2) is 4.79 Å². The lowest BCUT2D eigenvalue weighted by Gasteiger charge is -2.16. The first-order valence-electron chi connectivity index (χ1n) is 8.13. The van der Waals surface area contributed by atoms with Crippen molar-refractivity contribution in [1.29, 1.82) is 5.26 Å². The van der Waals surface area contributed by atoms with Crippen LogP contribution in [0.3, 0.4) is 0 Å². The zero-order valence-electron chi connectivity index (χ0n) is 13.7. The number of para-hydroxylation sites is 1. The molecule has 7 heteroatoms. The number of nitrogens with one attached hydrogen (secondary N) is 1. The number of aromatic nitrogens is 2. The minimum atomic E-state index is -0.839. The highest BCUT2D eigenvalue weighted by molar-refractivity contribution is 6.04. The first-order valence-corrected chi connectivity index (χ1v) is 8.13. The third kappa shape index (κ3) is 2.67. The Morgan fingerprint density at radius 3 is 2.77 bits per heavy atom. The molecule has 1 fully saturated rings. The molecule has 2 heterocycles. The first kappa shape index (κ1) is 15.8. The summed E-state index contributed by atoms with van der Waals surface area (Å²) in [6.07, 6.45) is -0.430. The summed E-state index contributed by atoms with van der Waals surface area (Å²) in [6, 6.07) is 16.0. The number of aromatic amines is 1. The van der Waals surface area contributed by atoms with Crippen LogP contribution in [0.1, 0.15) is 22.5 Å². The van der Waals surface area contributed by atoms with Gasteiger partial charge in [-0.3, -0.25) is 9.89 Å². The van der Waals surface area contributed by atoms with E-state index in [1.807, 2.05) is 24.3 Å². The Hall–Kier alpha value is -3.66. The lowest BCUT2D eigenvalue weighted by atomic mass is 10.2. The van der Waals surface area contributed by atoms with Gasteiger partial charge in [-0.2, -0.15) is 10.4 Å². The van der Waals surface area contributed by atoms with Gasteiger partial charge in [0.25, 0.3) is 5.91 Å². The van der Waals surface area contributed by atoms with Crippen molar-refractivity contribution >= 4 is 28.5 Å². The number of nitriles is 1. The fraction of sp³-hybridized carbons (Fsp3) is 0.158. The maximum Gasteiger partial charge on any atom is 0.360 e. The molecule has 1 N–H and O–H groups in total. The highest BCUT2D eigenvalue weighted by Gasteiger charge is 2.36. The Kier molecular flexibility index (Phi) is 3.86. The van der Waals surface area contributed by atoms with Gasteiger partial charge in [-0.15, -0.1) is 0 Å². The molecule has 0 saturated carbocycles. The van der Waals surface area contributed by atoms with Gasteiger partial charge in [0.15, 0.2) is 11.8 Å². The van der Waals surface area contributed by atoms with E-state index in [-0.39, 0.29) is 11.6 Å². The molecule has 7 nitrogen and oxygen atoms in total. The fourth-order valence-corrected chi connectivity index (χ4v) is 3.04. The number of carbonyl (C=O) groups excluding carboxylic acids is 2. The number of ether oxygens (including phenoxy) is 1. The number of hydrogen-bond donors (Lipinski definition) is 1. The Bertz CT molecular complexity index is 1030. The van der Waals surface area contributed by atoms with Gasteiger partial charge in [-0.1, -0.05) is 18.2 Å². The minimum absolute atomic E-state index is 0.172. The smallest absolute Gasteiger partial charge is 0.360 e. The number of fused-ring (bicyclic) bond motifs is 1. The number of carbonyl (C=O) groups is 2. The number of hydrogen-bond acceptors (Lipinski definition) is 5. The van der Waals surface area contributed by atoms with E-state index in [1.165, 1.54) is 0 Å². The normalized spacial score (nSPS) is 16.7. The van der Waals surface area contributed by atoms with Crippen LogP contribution < -0.4 is 4.90 Å². The number of H-pyrrole nitrogens is 1. The molecule has 2 aromatic carbocycles. The number of anilines is 1. The van der Waals surface area contributed by atoms with Gasteiger partial charge < -0.3 is 9.64 Å². The van der Waals surface area contributed by atoms with E-state index >= 15 is 0 Å². The predicted octanol–water partition coefficient (Wildman–Crippen LogP) is 2.40. The van der Waals surface area contributed by atoms with Crippen LogP contribution in [0.4, 0.5) is 5.69 Å². The first-order chi connectivity index (χ1) is 12.7. The van der Waals surface area contributed by atoms with Crippen LogP contribution >= 0.6 is 0 Å². The van der Waals surface area contributed by atoms with Crippen LogP contribution in [-0.4, -0.2) is 34.7 Å². The molecule has 3 aromatic rings. The molecule has 1 amide bonds. The summed E-state index contributed by atoms with van der Waals surface area (Å²) in [5.74, 6) is -0.898. The quantitative estimate of drug-likeness (QED) is 0.734. The number of esters is 1. The highest BCUT2D eigenvalue weighted by atomic mass is 16.5. The second kappa shape index (κ2) is 6.33. The molecule has 4 rings (SSSR count). The summed E-state index contributed by atoms with van der Waals surface area (Å²) in [7, 11) is 0. The van der Waals surface area contributed by atoms with E-state index in [9.17, 15) is 9.59 Å². The van der Waals surface area contributed by atoms with Gasteiger partial charge in [0.05, 0.1) is 17.1 Å². The van der Waals surface area contributed by atoms with E-state index in [4.69, 9.17) is 10.00 Å². The molecule has 1 aromatic heterocycles. The number of nitrogens with zero attached hydrogens (tertiary/aromatic N) is 3. The van der Waals surface area contributed by atoms with Crippen molar-refractivity contribution in [3.63, 3.8) is 0 Å². The summed E-state index contributed by atoms with van der Waals surface area (Å²) in [5, 5.41) is 16.3. The SMILES string of the molecule is N#Cc1ccc(N2CCC(OC(=O)c3n[nH]c4ccccc34)C2=O)cc1. The number of rotatable bonds is 3.